The molecule has 0 saturated carbocycles. The van der Waals surface area contributed by atoms with Crippen LogP contribution in [0.15, 0.2) is 64.2 Å². The average Bonchev–Trinajstić information content (AvgIpc) is 3.39. The minimum Gasteiger partial charge on any atom is -0.337 e. The molecule has 5 aromatic rings. The first-order valence-electron chi connectivity index (χ1n) is 10.7. The lowest BCUT2D eigenvalue weighted by Gasteiger charge is -2.09. The quantitative estimate of drug-likeness (QED) is 0.432. The number of nitrogens with zero attached hydrogens (tertiary/aromatic N) is 5. The predicted octanol–water partition coefficient (Wildman–Crippen LogP) is 3.29. The Hall–Kier alpha value is -4.27. The number of hydrogen-bond donors (Lipinski definition) is 1. The van der Waals surface area contributed by atoms with Gasteiger partial charge in [-0.2, -0.15) is 4.98 Å². The Morgan fingerprint density at radius 1 is 1.15 bits per heavy atom. The van der Waals surface area contributed by atoms with E-state index in [9.17, 15) is 9.59 Å². The summed E-state index contributed by atoms with van der Waals surface area (Å²) < 4.78 is 8.37. The maximum Gasteiger partial charge on any atom is 0.278 e. The molecule has 0 aliphatic carbocycles. The number of carbonyl (C=O) groups excluding carboxylic acids is 1. The highest BCUT2D eigenvalue weighted by Gasteiger charge is 2.19. The number of hydrogen-bond acceptors (Lipinski definition) is 6. The van der Waals surface area contributed by atoms with Gasteiger partial charge < -0.3 is 14.4 Å². The first kappa shape index (κ1) is 20.6. The second-order valence-electron chi connectivity index (χ2n) is 7.85. The van der Waals surface area contributed by atoms with Gasteiger partial charge in [0.2, 0.25) is 11.8 Å². The van der Waals surface area contributed by atoms with Crippen LogP contribution in [0, 0.1) is 6.92 Å². The molecular weight excluding hydrogens is 420 g/mol. The van der Waals surface area contributed by atoms with Crippen molar-refractivity contribution in [1.82, 2.24) is 24.3 Å². The smallest absolute Gasteiger partial charge is 0.278 e. The van der Waals surface area contributed by atoms with E-state index in [4.69, 9.17) is 4.52 Å². The predicted molar refractivity (Wildman–Crippen MR) is 124 cm³/mol. The highest BCUT2D eigenvalue weighted by atomic mass is 16.5. The van der Waals surface area contributed by atoms with Crippen LogP contribution in [0.2, 0.25) is 0 Å². The van der Waals surface area contributed by atoms with Gasteiger partial charge in [0, 0.05) is 17.5 Å². The van der Waals surface area contributed by atoms with Gasteiger partial charge >= 0.3 is 0 Å². The molecule has 1 amide bonds. The molecule has 0 unspecified atom stereocenters. The van der Waals surface area contributed by atoms with Gasteiger partial charge in [-0.15, -0.1) is 0 Å². The van der Waals surface area contributed by atoms with Crippen molar-refractivity contribution >= 4 is 33.5 Å². The van der Waals surface area contributed by atoms with Gasteiger partial charge in [-0.05, 0) is 30.7 Å². The second-order valence-corrected chi connectivity index (χ2v) is 7.85. The standard InChI is InChI=1S/C24H22N6O3/c1-3-19-27-21(33-28-19)13-29-14-25-22-17-9-4-5-10-18(17)30(23(22)24(29)32)12-20(31)26-16-8-6-7-15(2)11-16/h4-11,14H,3,12-13H2,1-2H3,(H,26,31). The normalized spacial score (nSPS) is 11.3. The van der Waals surface area contributed by atoms with Gasteiger partial charge in [0.25, 0.3) is 5.56 Å². The number of aromatic nitrogens is 5. The molecule has 0 saturated heterocycles. The summed E-state index contributed by atoms with van der Waals surface area (Å²) in [6.07, 6.45) is 2.12. The van der Waals surface area contributed by atoms with E-state index in [1.165, 1.54) is 10.9 Å². The van der Waals surface area contributed by atoms with Crippen LogP contribution in [-0.4, -0.2) is 30.2 Å². The molecule has 0 atom stereocenters. The molecule has 0 spiro atoms. The van der Waals surface area contributed by atoms with E-state index in [0.717, 1.165) is 16.5 Å². The van der Waals surface area contributed by atoms with Crippen LogP contribution in [0.3, 0.4) is 0 Å². The monoisotopic (exact) mass is 442 g/mol. The fourth-order valence-electron chi connectivity index (χ4n) is 3.94. The Bertz CT molecular complexity index is 1550. The zero-order valence-corrected chi connectivity index (χ0v) is 18.3. The first-order valence-corrected chi connectivity index (χ1v) is 10.7. The summed E-state index contributed by atoms with van der Waals surface area (Å²) in [4.78, 5) is 35.2. The molecule has 166 valence electrons. The fourth-order valence-corrected chi connectivity index (χ4v) is 3.94. The number of rotatable bonds is 6. The van der Waals surface area contributed by atoms with Crippen molar-refractivity contribution in [2.75, 3.05) is 5.32 Å². The molecule has 0 aliphatic heterocycles. The lowest BCUT2D eigenvalue weighted by atomic mass is 10.2. The van der Waals surface area contributed by atoms with Crippen LogP contribution in [0.4, 0.5) is 5.69 Å². The van der Waals surface area contributed by atoms with Crippen LogP contribution in [0.25, 0.3) is 21.9 Å². The summed E-state index contributed by atoms with van der Waals surface area (Å²) in [6, 6.07) is 15.1. The third-order valence-corrected chi connectivity index (χ3v) is 5.47. The van der Waals surface area contributed by atoms with Crippen molar-refractivity contribution in [2.24, 2.45) is 0 Å². The zero-order valence-electron chi connectivity index (χ0n) is 18.3. The van der Waals surface area contributed by atoms with Crippen molar-refractivity contribution < 1.29 is 9.32 Å². The van der Waals surface area contributed by atoms with Crippen LogP contribution >= 0.6 is 0 Å². The minimum atomic E-state index is -0.282. The van der Waals surface area contributed by atoms with Crippen molar-refractivity contribution in [1.29, 1.82) is 0 Å². The van der Waals surface area contributed by atoms with Gasteiger partial charge in [-0.3, -0.25) is 14.2 Å². The largest absolute Gasteiger partial charge is 0.337 e. The molecule has 33 heavy (non-hydrogen) atoms. The van der Waals surface area contributed by atoms with Crippen molar-refractivity contribution in [3.05, 3.63) is 82.5 Å². The van der Waals surface area contributed by atoms with Crippen LogP contribution < -0.4 is 10.9 Å². The van der Waals surface area contributed by atoms with E-state index in [-0.39, 0.29) is 24.6 Å². The second kappa shape index (κ2) is 8.34. The van der Waals surface area contributed by atoms with Crippen molar-refractivity contribution in [2.45, 2.75) is 33.4 Å². The number of fused-ring (bicyclic) bond motifs is 3. The Morgan fingerprint density at radius 2 is 2.00 bits per heavy atom. The number of para-hydroxylation sites is 1. The van der Waals surface area contributed by atoms with E-state index in [1.54, 1.807) is 4.57 Å². The summed E-state index contributed by atoms with van der Waals surface area (Å²) in [7, 11) is 0. The van der Waals surface area contributed by atoms with E-state index >= 15 is 0 Å². The third kappa shape index (κ3) is 3.89. The summed E-state index contributed by atoms with van der Waals surface area (Å²) in [5, 5.41) is 7.60. The molecule has 3 aromatic heterocycles. The molecule has 3 heterocycles. The summed E-state index contributed by atoms with van der Waals surface area (Å²) in [5.74, 6) is 0.673. The van der Waals surface area contributed by atoms with E-state index in [2.05, 4.69) is 20.4 Å². The summed E-state index contributed by atoms with van der Waals surface area (Å²) in [6.45, 7) is 3.96. The molecule has 5 rings (SSSR count). The van der Waals surface area contributed by atoms with Crippen molar-refractivity contribution in [3.8, 4) is 0 Å². The molecule has 9 nitrogen and oxygen atoms in total. The zero-order chi connectivity index (χ0) is 22.9. The van der Waals surface area contributed by atoms with Crippen LogP contribution in [0.1, 0.15) is 24.2 Å². The van der Waals surface area contributed by atoms with Crippen LogP contribution in [0.5, 0.6) is 0 Å². The van der Waals surface area contributed by atoms with E-state index < -0.39 is 0 Å². The molecule has 0 aliphatic rings. The highest BCUT2D eigenvalue weighted by Crippen LogP contribution is 2.25. The van der Waals surface area contributed by atoms with Gasteiger partial charge in [-0.25, -0.2) is 4.98 Å². The number of anilines is 1. The third-order valence-electron chi connectivity index (χ3n) is 5.47. The topological polar surface area (TPSA) is 108 Å². The molecule has 0 fully saturated rings. The Labute approximate surface area is 188 Å². The van der Waals surface area contributed by atoms with Crippen molar-refractivity contribution in [3.63, 3.8) is 0 Å². The van der Waals surface area contributed by atoms with Gasteiger partial charge in [0.05, 0.1) is 11.8 Å². The SMILES string of the molecule is CCc1noc(Cn2cnc3c4ccccc4n(CC(=O)Nc4cccc(C)c4)c3c2=O)n1. The molecule has 0 radical (unpaired) electrons. The Morgan fingerprint density at radius 3 is 2.79 bits per heavy atom. The number of aryl methyl sites for hydroxylation is 2. The maximum absolute atomic E-state index is 13.5. The lowest BCUT2D eigenvalue weighted by Crippen LogP contribution is -2.25. The minimum absolute atomic E-state index is 0.0283. The summed E-state index contributed by atoms with van der Waals surface area (Å²) in [5.41, 5.74) is 3.14. The molecular formula is C24H22N6O3. The Kier molecular flexibility index (Phi) is 5.21. The van der Waals surface area contributed by atoms with Gasteiger partial charge in [0.1, 0.15) is 24.1 Å². The first-order chi connectivity index (χ1) is 16.0. The molecule has 9 heteroatoms. The Balaban J connectivity index is 1.57. The number of amides is 1. The van der Waals surface area contributed by atoms with Crippen LogP contribution in [-0.2, 0) is 24.3 Å². The highest BCUT2D eigenvalue weighted by molar-refractivity contribution is 6.06. The van der Waals surface area contributed by atoms with Gasteiger partial charge in [-0.1, -0.05) is 42.4 Å². The lowest BCUT2D eigenvalue weighted by molar-refractivity contribution is -0.116. The molecule has 2 aromatic carbocycles. The molecule has 0 bridgehead atoms. The summed E-state index contributed by atoms with van der Waals surface area (Å²) >= 11 is 0. The number of benzene rings is 2. The number of nitrogens with one attached hydrogen (secondary N) is 1. The number of carbonyl (C=O) groups is 1. The van der Waals surface area contributed by atoms with Gasteiger partial charge in [0.15, 0.2) is 5.82 Å². The van der Waals surface area contributed by atoms with E-state index in [1.807, 2.05) is 62.4 Å². The maximum atomic E-state index is 13.5. The molecule has 1 N–H and O–H groups in total. The average molecular weight is 442 g/mol. The fraction of sp³-hybridized carbons (Fsp3) is 0.208. The van der Waals surface area contributed by atoms with E-state index in [0.29, 0.717) is 34.9 Å².